The van der Waals surface area contributed by atoms with Crippen molar-refractivity contribution >= 4 is 39.1 Å². The van der Waals surface area contributed by atoms with Crippen LogP contribution in [0.4, 0.5) is 5.13 Å². The Bertz CT molecular complexity index is 462. The number of thiazole rings is 1. The largest absolute Gasteiger partial charge is 0.359 e. The molecule has 0 saturated heterocycles. The summed E-state index contributed by atoms with van der Waals surface area (Å²) in [5.74, 6) is 0. The molecule has 16 heavy (non-hydrogen) atoms. The van der Waals surface area contributed by atoms with E-state index in [9.17, 15) is 0 Å². The first-order valence-electron chi connectivity index (χ1n) is 5.13. The molecule has 0 aliphatic heterocycles. The third kappa shape index (κ3) is 2.95. The Kier molecular flexibility index (Phi) is 3.81. The van der Waals surface area contributed by atoms with Crippen molar-refractivity contribution in [2.75, 3.05) is 5.32 Å². The summed E-state index contributed by atoms with van der Waals surface area (Å²) in [6.07, 6.45) is 0. The maximum atomic E-state index is 4.56. The lowest BCUT2D eigenvalue weighted by Gasteiger charge is -2.04. The van der Waals surface area contributed by atoms with Crippen LogP contribution >= 0.6 is 33.9 Å². The zero-order valence-electron chi connectivity index (χ0n) is 9.20. The van der Waals surface area contributed by atoms with E-state index < -0.39 is 0 Å². The van der Waals surface area contributed by atoms with Gasteiger partial charge in [-0.1, -0.05) is 12.1 Å². The van der Waals surface area contributed by atoms with Gasteiger partial charge in [-0.3, -0.25) is 0 Å². The predicted molar refractivity (Wildman–Crippen MR) is 79.0 cm³/mol. The number of benzene rings is 1. The molecule has 0 radical (unpaired) electrons. The summed E-state index contributed by atoms with van der Waals surface area (Å²) in [5, 5.41) is 6.39. The average molecular weight is 344 g/mol. The van der Waals surface area contributed by atoms with E-state index in [1.54, 1.807) is 11.3 Å². The molecule has 4 heteroatoms. The highest BCUT2D eigenvalue weighted by molar-refractivity contribution is 14.1. The maximum Gasteiger partial charge on any atom is 0.183 e. The van der Waals surface area contributed by atoms with Crippen molar-refractivity contribution in [2.24, 2.45) is 0 Å². The van der Waals surface area contributed by atoms with E-state index in [2.05, 4.69) is 76.4 Å². The molecule has 2 rings (SSSR count). The third-order valence-corrected chi connectivity index (χ3v) is 3.55. The van der Waals surface area contributed by atoms with Crippen LogP contribution in [0.1, 0.15) is 13.8 Å². The van der Waals surface area contributed by atoms with Crippen LogP contribution in [0.5, 0.6) is 0 Å². The van der Waals surface area contributed by atoms with Crippen LogP contribution in [0.25, 0.3) is 11.3 Å². The smallest absolute Gasteiger partial charge is 0.183 e. The van der Waals surface area contributed by atoms with Gasteiger partial charge in [0.05, 0.1) is 5.69 Å². The zero-order chi connectivity index (χ0) is 11.5. The van der Waals surface area contributed by atoms with Gasteiger partial charge in [-0.05, 0) is 48.6 Å². The van der Waals surface area contributed by atoms with Crippen LogP contribution in [0.15, 0.2) is 29.6 Å². The van der Waals surface area contributed by atoms with Crippen LogP contribution in [0.2, 0.25) is 0 Å². The van der Waals surface area contributed by atoms with Crippen LogP contribution < -0.4 is 5.32 Å². The number of nitrogens with zero attached hydrogens (tertiary/aromatic N) is 1. The van der Waals surface area contributed by atoms with Crippen molar-refractivity contribution in [1.29, 1.82) is 0 Å². The molecule has 1 N–H and O–H groups in total. The van der Waals surface area contributed by atoms with Crippen LogP contribution in [0, 0.1) is 3.57 Å². The van der Waals surface area contributed by atoms with E-state index in [-0.39, 0.29) is 0 Å². The van der Waals surface area contributed by atoms with E-state index in [4.69, 9.17) is 0 Å². The van der Waals surface area contributed by atoms with Crippen molar-refractivity contribution in [3.8, 4) is 11.3 Å². The molecule has 1 heterocycles. The highest BCUT2D eigenvalue weighted by Crippen LogP contribution is 2.25. The lowest BCUT2D eigenvalue weighted by atomic mass is 10.2. The second-order valence-corrected chi connectivity index (χ2v) is 5.95. The fourth-order valence-electron chi connectivity index (χ4n) is 1.34. The fourth-order valence-corrected chi connectivity index (χ4v) is 2.57. The molecule has 2 aromatic rings. The summed E-state index contributed by atoms with van der Waals surface area (Å²) in [6, 6.07) is 8.84. The molecule has 0 unspecified atom stereocenters. The summed E-state index contributed by atoms with van der Waals surface area (Å²) in [5.41, 5.74) is 2.22. The first-order valence-corrected chi connectivity index (χ1v) is 7.09. The number of rotatable bonds is 3. The zero-order valence-corrected chi connectivity index (χ0v) is 12.2. The predicted octanol–water partition coefficient (Wildman–Crippen LogP) is 4.24. The number of aromatic nitrogens is 1. The quantitative estimate of drug-likeness (QED) is 0.843. The normalized spacial score (nSPS) is 10.8. The molecule has 0 saturated carbocycles. The number of halogens is 1. The molecule has 0 atom stereocenters. The van der Waals surface area contributed by atoms with Gasteiger partial charge in [-0.15, -0.1) is 11.3 Å². The lowest BCUT2D eigenvalue weighted by molar-refractivity contribution is 0.897. The molecule has 0 aliphatic rings. The van der Waals surface area contributed by atoms with Gasteiger partial charge in [-0.25, -0.2) is 4.98 Å². The maximum absolute atomic E-state index is 4.56. The van der Waals surface area contributed by atoms with Crippen molar-refractivity contribution in [3.05, 3.63) is 33.2 Å². The van der Waals surface area contributed by atoms with Gasteiger partial charge < -0.3 is 5.32 Å². The van der Waals surface area contributed by atoms with Gasteiger partial charge in [0.15, 0.2) is 5.13 Å². The summed E-state index contributed by atoms with van der Waals surface area (Å²) in [7, 11) is 0. The molecule has 0 spiro atoms. The van der Waals surface area contributed by atoms with Gasteiger partial charge in [0, 0.05) is 20.6 Å². The number of hydrogen-bond acceptors (Lipinski definition) is 3. The van der Waals surface area contributed by atoms with E-state index in [0.29, 0.717) is 6.04 Å². The minimum absolute atomic E-state index is 0.427. The molecule has 0 aliphatic carbocycles. The van der Waals surface area contributed by atoms with Gasteiger partial charge in [0.2, 0.25) is 0 Å². The summed E-state index contributed by atoms with van der Waals surface area (Å²) < 4.78 is 1.25. The second-order valence-electron chi connectivity index (χ2n) is 3.84. The first kappa shape index (κ1) is 11.9. The standard InChI is InChI=1S/C12H13IN2S/c1-8(2)14-12-15-11(7-16-12)9-3-5-10(13)6-4-9/h3-8H,1-2H3,(H,14,15). The van der Waals surface area contributed by atoms with Crippen molar-refractivity contribution in [3.63, 3.8) is 0 Å². The third-order valence-electron chi connectivity index (χ3n) is 2.06. The molecule has 0 amide bonds. The van der Waals surface area contributed by atoms with Crippen molar-refractivity contribution in [1.82, 2.24) is 4.98 Å². The number of nitrogens with one attached hydrogen (secondary N) is 1. The Morgan fingerprint density at radius 1 is 1.25 bits per heavy atom. The monoisotopic (exact) mass is 344 g/mol. The Hall–Kier alpha value is -0.620. The highest BCUT2D eigenvalue weighted by Gasteiger charge is 2.04. The number of anilines is 1. The Morgan fingerprint density at radius 2 is 1.94 bits per heavy atom. The SMILES string of the molecule is CC(C)Nc1nc(-c2ccc(I)cc2)cs1. The van der Waals surface area contributed by atoms with Gasteiger partial charge in [0.1, 0.15) is 0 Å². The topological polar surface area (TPSA) is 24.9 Å². The van der Waals surface area contributed by atoms with Crippen molar-refractivity contribution in [2.45, 2.75) is 19.9 Å². The minimum Gasteiger partial charge on any atom is -0.359 e. The molecule has 1 aromatic carbocycles. The van der Waals surface area contributed by atoms with E-state index in [0.717, 1.165) is 10.8 Å². The van der Waals surface area contributed by atoms with E-state index in [1.807, 2.05) is 0 Å². The summed E-state index contributed by atoms with van der Waals surface area (Å²) in [4.78, 5) is 4.56. The van der Waals surface area contributed by atoms with Crippen molar-refractivity contribution < 1.29 is 0 Å². The van der Waals surface area contributed by atoms with E-state index >= 15 is 0 Å². The number of hydrogen-bond donors (Lipinski definition) is 1. The Balaban J connectivity index is 2.21. The summed E-state index contributed by atoms with van der Waals surface area (Å²) >= 11 is 3.96. The minimum atomic E-state index is 0.427. The van der Waals surface area contributed by atoms with Gasteiger partial charge in [-0.2, -0.15) is 0 Å². The van der Waals surface area contributed by atoms with E-state index in [1.165, 1.54) is 9.13 Å². The molecule has 0 bridgehead atoms. The summed E-state index contributed by atoms with van der Waals surface area (Å²) in [6.45, 7) is 4.23. The van der Waals surface area contributed by atoms with Gasteiger partial charge >= 0.3 is 0 Å². The van der Waals surface area contributed by atoms with Crippen LogP contribution in [0.3, 0.4) is 0 Å². The molecular weight excluding hydrogens is 331 g/mol. The van der Waals surface area contributed by atoms with Crippen LogP contribution in [-0.2, 0) is 0 Å². The second kappa shape index (κ2) is 5.14. The van der Waals surface area contributed by atoms with Crippen LogP contribution in [-0.4, -0.2) is 11.0 Å². The lowest BCUT2D eigenvalue weighted by Crippen LogP contribution is -2.08. The first-order chi connectivity index (χ1) is 7.65. The molecular formula is C12H13IN2S. The highest BCUT2D eigenvalue weighted by atomic mass is 127. The van der Waals surface area contributed by atoms with Gasteiger partial charge in [0.25, 0.3) is 0 Å². The molecule has 2 nitrogen and oxygen atoms in total. The Morgan fingerprint density at radius 3 is 2.56 bits per heavy atom. The Labute approximate surface area is 113 Å². The average Bonchev–Trinajstić information content (AvgIpc) is 2.66. The fraction of sp³-hybridized carbons (Fsp3) is 0.250. The molecule has 1 aromatic heterocycles. The molecule has 84 valence electrons. The molecule has 0 fully saturated rings.